The molecule has 2 aromatic rings. The molecule has 0 aliphatic heterocycles. The van der Waals surface area contributed by atoms with Gasteiger partial charge in [-0.05, 0) is 18.2 Å². The fourth-order valence-electron chi connectivity index (χ4n) is 1.33. The average molecular weight is 220 g/mol. The van der Waals surface area contributed by atoms with Gasteiger partial charge < -0.3 is 20.4 Å². The summed E-state index contributed by atoms with van der Waals surface area (Å²) in [7, 11) is 1.51. The number of aromatic amines is 1. The van der Waals surface area contributed by atoms with E-state index in [0.29, 0.717) is 5.69 Å². The van der Waals surface area contributed by atoms with Crippen LogP contribution in [0.2, 0.25) is 0 Å². The smallest absolute Gasteiger partial charge is 0.321 e. The number of benzene rings is 1. The number of nitrogens with zero attached hydrogens (tertiary/aromatic N) is 1. The van der Waals surface area contributed by atoms with E-state index in [2.05, 4.69) is 20.6 Å². The standard InChI is InChI=1S/C10H12N4O2/c1-16-6-13-10(15)14-7-2-3-8-9(4-7)12-5-11-8/h2-5H,6H2,1H3,(H,11,12)(H2,13,14,15). The summed E-state index contributed by atoms with van der Waals surface area (Å²) in [4.78, 5) is 18.4. The molecule has 3 N–H and O–H groups in total. The van der Waals surface area contributed by atoms with E-state index < -0.39 is 0 Å². The summed E-state index contributed by atoms with van der Waals surface area (Å²) in [5.74, 6) is 0. The highest BCUT2D eigenvalue weighted by Gasteiger charge is 2.02. The number of amides is 2. The van der Waals surface area contributed by atoms with Crippen LogP contribution in [0.1, 0.15) is 0 Å². The number of anilines is 1. The molecule has 2 rings (SSSR count). The van der Waals surface area contributed by atoms with E-state index in [9.17, 15) is 4.79 Å². The highest BCUT2D eigenvalue weighted by Crippen LogP contribution is 2.15. The van der Waals surface area contributed by atoms with Crippen LogP contribution in [-0.4, -0.2) is 29.8 Å². The lowest BCUT2D eigenvalue weighted by Gasteiger charge is -2.06. The molecule has 1 heterocycles. The van der Waals surface area contributed by atoms with E-state index in [0.717, 1.165) is 11.0 Å². The SMILES string of the molecule is COCNC(=O)Nc1ccc2nc[nH]c2c1. The second-order valence-corrected chi connectivity index (χ2v) is 3.20. The topological polar surface area (TPSA) is 79.0 Å². The first kappa shape index (κ1) is 10.4. The lowest BCUT2D eigenvalue weighted by molar-refractivity contribution is 0.177. The third kappa shape index (κ3) is 2.29. The maximum atomic E-state index is 11.3. The van der Waals surface area contributed by atoms with Crippen molar-refractivity contribution in [2.24, 2.45) is 0 Å². The van der Waals surface area contributed by atoms with Crippen LogP contribution in [0, 0.1) is 0 Å². The monoisotopic (exact) mass is 220 g/mol. The Morgan fingerprint density at radius 1 is 1.56 bits per heavy atom. The maximum absolute atomic E-state index is 11.3. The van der Waals surface area contributed by atoms with Crippen molar-refractivity contribution in [3.05, 3.63) is 24.5 Å². The van der Waals surface area contributed by atoms with E-state index in [1.165, 1.54) is 7.11 Å². The highest BCUT2D eigenvalue weighted by molar-refractivity contribution is 5.91. The van der Waals surface area contributed by atoms with Gasteiger partial charge in [0.1, 0.15) is 6.73 Å². The van der Waals surface area contributed by atoms with Crippen molar-refractivity contribution in [1.29, 1.82) is 0 Å². The molecule has 0 aliphatic carbocycles. The summed E-state index contributed by atoms with van der Waals surface area (Å²) in [6.45, 7) is 0.179. The maximum Gasteiger partial charge on any atom is 0.321 e. The first-order chi connectivity index (χ1) is 7.79. The van der Waals surface area contributed by atoms with Gasteiger partial charge in [-0.15, -0.1) is 0 Å². The molecule has 1 aromatic carbocycles. The second kappa shape index (κ2) is 4.63. The van der Waals surface area contributed by atoms with Crippen molar-refractivity contribution in [2.45, 2.75) is 0 Å². The van der Waals surface area contributed by atoms with E-state index in [-0.39, 0.29) is 12.8 Å². The van der Waals surface area contributed by atoms with Gasteiger partial charge in [0.05, 0.1) is 17.4 Å². The van der Waals surface area contributed by atoms with Crippen LogP contribution in [-0.2, 0) is 4.74 Å². The van der Waals surface area contributed by atoms with Crippen LogP contribution in [0.5, 0.6) is 0 Å². The van der Waals surface area contributed by atoms with E-state index in [1.807, 2.05) is 12.1 Å². The van der Waals surface area contributed by atoms with Crippen molar-refractivity contribution in [3.8, 4) is 0 Å². The van der Waals surface area contributed by atoms with Crippen molar-refractivity contribution in [1.82, 2.24) is 15.3 Å². The molecule has 84 valence electrons. The van der Waals surface area contributed by atoms with Gasteiger partial charge in [-0.2, -0.15) is 0 Å². The van der Waals surface area contributed by atoms with Gasteiger partial charge in [0.15, 0.2) is 0 Å². The molecular formula is C10H12N4O2. The molecule has 6 heteroatoms. The number of carbonyl (C=O) groups is 1. The number of urea groups is 1. The number of carbonyl (C=O) groups excluding carboxylic acids is 1. The van der Waals surface area contributed by atoms with E-state index in [1.54, 1.807) is 12.4 Å². The minimum absolute atomic E-state index is 0.179. The molecule has 0 spiro atoms. The molecule has 6 nitrogen and oxygen atoms in total. The summed E-state index contributed by atoms with van der Waals surface area (Å²) < 4.78 is 4.72. The normalized spacial score (nSPS) is 10.3. The zero-order valence-electron chi connectivity index (χ0n) is 8.78. The largest absolute Gasteiger partial charge is 0.364 e. The number of H-pyrrole nitrogens is 1. The predicted molar refractivity (Wildman–Crippen MR) is 60.1 cm³/mol. The third-order valence-corrected chi connectivity index (χ3v) is 2.06. The lowest BCUT2D eigenvalue weighted by atomic mass is 10.3. The molecule has 0 atom stereocenters. The molecule has 0 radical (unpaired) electrons. The molecule has 1 aromatic heterocycles. The highest BCUT2D eigenvalue weighted by atomic mass is 16.5. The summed E-state index contributed by atoms with van der Waals surface area (Å²) >= 11 is 0. The molecule has 0 saturated carbocycles. The number of aromatic nitrogens is 2. The van der Waals surface area contributed by atoms with Gasteiger partial charge in [-0.1, -0.05) is 0 Å². The van der Waals surface area contributed by atoms with Crippen LogP contribution in [0.25, 0.3) is 11.0 Å². The number of methoxy groups -OCH3 is 1. The van der Waals surface area contributed by atoms with E-state index >= 15 is 0 Å². The van der Waals surface area contributed by atoms with Gasteiger partial charge in [-0.3, -0.25) is 0 Å². The fourth-order valence-corrected chi connectivity index (χ4v) is 1.33. The number of fused-ring (bicyclic) bond motifs is 1. The second-order valence-electron chi connectivity index (χ2n) is 3.20. The van der Waals surface area contributed by atoms with Gasteiger partial charge >= 0.3 is 6.03 Å². The molecule has 16 heavy (non-hydrogen) atoms. The minimum Gasteiger partial charge on any atom is -0.364 e. The predicted octanol–water partition coefficient (Wildman–Crippen LogP) is 1.29. The summed E-state index contributed by atoms with van der Waals surface area (Å²) in [5.41, 5.74) is 2.44. The molecular weight excluding hydrogens is 208 g/mol. The summed E-state index contributed by atoms with van der Waals surface area (Å²) in [6, 6.07) is 5.13. The Bertz CT molecular complexity index is 494. The van der Waals surface area contributed by atoms with Crippen LogP contribution in [0.3, 0.4) is 0 Å². The summed E-state index contributed by atoms with van der Waals surface area (Å²) in [6.07, 6.45) is 1.61. The van der Waals surface area contributed by atoms with Gasteiger partial charge in [0.25, 0.3) is 0 Å². The van der Waals surface area contributed by atoms with Crippen molar-refractivity contribution in [2.75, 3.05) is 19.2 Å². The Kier molecular flexibility index (Phi) is 3.02. The van der Waals surface area contributed by atoms with Gasteiger partial charge in [-0.25, -0.2) is 9.78 Å². The Morgan fingerprint density at radius 3 is 3.25 bits per heavy atom. The first-order valence-corrected chi connectivity index (χ1v) is 4.76. The van der Waals surface area contributed by atoms with Crippen molar-refractivity contribution < 1.29 is 9.53 Å². The molecule has 2 amide bonds. The Hall–Kier alpha value is -2.08. The minimum atomic E-state index is -0.305. The number of hydrogen-bond donors (Lipinski definition) is 3. The number of ether oxygens (including phenoxy) is 1. The molecule has 0 unspecified atom stereocenters. The van der Waals surface area contributed by atoms with Gasteiger partial charge in [0.2, 0.25) is 0 Å². The quantitative estimate of drug-likeness (QED) is 0.682. The van der Waals surface area contributed by atoms with Crippen LogP contribution in [0.4, 0.5) is 10.5 Å². The zero-order chi connectivity index (χ0) is 11.4. The molecule has 0 fully saturated rings. The van der Waals surface area contributed by atoms with Crippen LogP contribution >= 0.6 is 0 Å². The number of imidazole rings is 1. The summed E-state index contributed by atoms with van der Waals surface area (Å²) in [5, 5.41) is 5.21. The average Bonchev–Trinajstić information content (AvgIpc) is 2.73. The number of rotatable bonds is 3. The number of nitrogens with one attached hydrogen (secondary N) is 3. The van der Waals surface area contributed by atoms with Crippen LogP contribution < -0.4 is 10.6 Å². The Labute approximate surface area is 92.0 Å². The molecule has 0 aliphatic rings. The Morgan fingerprint density at radius 2 is 2.44 bits per heavy atom. The van der Waals surface area contributed by atoms with Crippen molar-refractivity contribution >= 4 is 22.8 Å². The zero-order valence-corrected chi connectivity index (χ0v) is 8.78. The van der Waals surface area contributed by atoms with Gasteiger partial charge in [0, 0.05) is 12.8 Å². The molecule has 0 saturated heterocycles. The molecule has 0 bridgehead atoms. The van der Waals surface area contributed by atoms with Crippen LogP contribution in [0.15, 0.2) is 24.5 Å². The number of hydrogen-bond acceptors (Lipinski definition) is 3. The lowest BCUT2D eigenvalue weighted by Crippen LogP contribution is -2.30. The third-order valence-electron chi connectivity index (χ3n) is 2.06. The van der Waals surface area contributed by atoms with E-state index in [4.69, 9.17) is 4.74 Å². The fraction of sp³-hybridized carbons (Fsp3) is 0.200. The first-order valence-electron chi connectivity index (χ1n) is 4.76. The Balaban J connectivity index is 2.06. The van der Waals surface area contributed by atoms with Crippen molar-refractivity contribution in [3.63, 3.8) is 0 Å².